The largest absolute Gasteiger partial charge is 0.490 e. The van der Waals surface area contributed by atoms with Crippen molar-refractivity contribution in [2.75, 3.05) is 18.5 Å². The van der Waals surface area contributed by atoms with Crippen molar-refractivity contribution in [2.45, 2.75) is 26.7 Å². The van der Waals surface area contributed by atoms with E-state index in [1.54, 1.807) is 0 Å². The Morgan fingerprint density at radius 1 is 0.923 bits per heavy atom. The SMILES string of the molecule is CCOc1ccc(CCC(=O)Nc2cc(Cl)c(Cl)cc2Cl)cc1OCC. The molecule has 1 amide bonds. The van der Waals surface area contributed by atoms with Crippen LogP contribution in [0.4, 0.5) is 5.69 Å². The van der Waals surface area contributed by atoms with Gasteiger partial charge in [0.25, 0.3) is 0 Å². The number of nitrogens with one attached hydrogen (secondary N) is 1. The lowest BCUT2D eigenvalue weighted by Crippen LogP contribution is -2.12. The van der Waals surface area contributed by atoms with Crippen molar-refractivity contribution >= 4 is 46.4 Å². The zero-order valence-corrected chi connectivity index (χ0v) is 16.8. The highest BCUT2D eigenvalue weighted by Crippen LogP contribution is 2.32. The van der Waals surface area contributed by atoms with Gasteiger partial charge in [-0.15, -0.1) is 0 Å². The van der Waals surface area contributed by atoms with Crippen molar-refractivity contribution in [2.24, 2.45) is 0 Å². The van der Waals surface area contributed by atoms with Gasteiger partial charge < -0.3 is 14.8 Å². The van der Waals surface area contributed by atoms with E-state index in [1.165, 1.54) is 12.1 Å². The van der Waals surface area contributed by atoms with E-state index in [2.05, 4.69) is 5.32 Å². The van der Waals surface area contributed by atoms with Gasteiger partial charge in [-0.05, 0) is 50.1 Å². The predicted octanol–water partition coefficient (Wildman–Crippen LogP) is 6.02. The summed E-state index contributed by atoms with van der Waals surface area (Å²) in [6.45, 7) is 4.94. The quantitative estimate of drug-likeness (QED) is 0.536. The van der Waals surface area contributed by atoms with Gasteiger partial charge in [-0.25, -0.2) is 0 Å². The summed E-state index contributed by atoms with van der Waals surface area (Å²) in [6.07, 6.45) is 0.841. The van der Waals surface area contributed by atoms with Crippen molar-refractivity contribution in [3.05, 3.63) is 51.0 Å². The number of amides is 1. The molecular weight excluding hydrogens is 397 g/mol. The van der Waals surface area contributed by atoms with Gasteiger partial charge in [0, 0.05) is 6.42 Å². The summed E-state index contributed by atoms with van der Waals surface area (Å²) in [4.78, 5) is 12.2. The Morgan fingerprint density at radius 3 is 2.27 bits per heavy atom. The maximum absolute atomic E-state index is 12.2. The van der Waals surface area contributed by atoms with Crippen LogP contribution in [0.2, 0.25) is 15.1 Å². The average Bonchev–Trinajstić information content (AvgIpc) is 2.60. The summed E-state index contributed by atoms with van der Waals surface area (Å²) >= 11 is 17.9. The number of hydrogen-bond donors (Lipinski definition) is 1. The molecule has 0 spiro atoms. The predicted molar refractivity (Wildman–Crippen MR) is 107 cm³/mol. The molecule has 0 fully saturated rings. The molecule has 2 rings (SSSR count). The molecule has 0 atom stereocenters. The van der Waals surface area contributed by atoms with Crippen LogP contribution in [-0.4, -0.2) is 19.1 Å². The van der Waals surface area contributed by atoms with Crippen LogP contribution in [0, 0.1) is 0 Å². The lowest BCUT2D eigenvalue weighted by atomic mass is 10.1. The third-order valence-electron chi connectivity index (χ3n) is 3.53. The smallest absolute Gasteiger partial charge is 0.224 e. The number of aryl methyl sites for hydroxylation is 1. The summed E-state index contributed by atoms with van der Waals surface area (Å²) in [5.74, 6) is 1.21. The van der Waals surface area contributed by atoms with Gasteiger partial charge in [-0.1, -0.05) is 40.9 Å². The second-order valence-corrected chi connectivity index (χ2v) is 6.66. The van der Waals surface area contributed by atoms with Gasteiger partial charge in [0.1, 0.15) is 0 Å². The Bertz CT molecular complexity index is 781. The van der Waals surface area contributed by atoms with Crippen molar-refractivity contribution < 1.29 is 14.3 Å². The molecule has 0 aliphatic rings. The molecule has 4 nitrogen and oxygen atoms in total. The van der Waals surface area contributed by atoms with E-state index in [0.717, 1.165) is 5.56 Å². The van der Waals surface area contributed by atoms with Crippen molar-refractivity contribution in [3.63, 3.8) is 0 Å². The molecule has 2 aromatic rings. The number of hydrogen-bond acceptors (Lipinski definition) is 3. The van der Waals surface area contributed by atoms with E-state index in [-0.39, 0.29) is 12.3 Å². The van der Waals surface area contributed by atoms with Gasteiger partial charge in [0.05, 0.1) is 34.0 Å². The zero-order chi connectivity index (χ0) is 19.1. The highest BCUT2D eigenvalue weighted by Gasteiger charge is 2.11. The number of carbonyl (C=O) groups is 1. The van der Waals surface area contributed by atoms with Crippen molar-refractivity contribution in [1.29, 1.82) is 0 Å². The van der Waals surface area contributed by atoms with Crippen LogP contribution < -0.4 is 14.8 Å². The molecule has 0 saturated carbocycles. The Morgan fingerprint density at radius 2 is 1.58 bits per heavy atom. The normalized spacial score (nSPS) is 10.5. The highest BCUT2D eigenvalue weighted by atomic mass is 35.5. The maximum Gasteiger partial charge on any atom is 0.224 e. The first-order valence-corrected chi connectivity index (χ1v) is 9.40. The standard InChI is InChI=1S/C19H20Cl3NO3/c1-3-25-17-7-5-12(9-18(17)26-4-2)6-8-19(24)23-16-11-14(21)13(20)10-15(16)22/h5,7,9-11H,3-4,6,8H2,1-2H3,(H,23,24). The van der Waals surface area contributed by atoms with E-state index in [1.807, 2.05) is 32.0 Å². The Labute approximate surface area is 168 Å². The number of anilines is 1. The highest BCUT2D eigenvalue weighted by molar-refractivity contribution is 6.44. The van der Waals surface area contributed by atoms with Crippen LogP contribution in [-0.2, 0) is 11.2 Å². The van der Waals surface area contributed by atoms with Gasteiger partial charge in [0.15, 0.2) is 11.5 Å². The van der Waals surface area contributed by atoms with Gasteiger partial charge in [-0.2, -0.15) is 0 Å². The van der Waals surface area contributed by atoms with Crippen molar-refractivity contribution in [3.8, 4) is 11.5 Å². The first-order valence-electron chi connectivity index (χ1n) is 8.27. The molecule has 0 aromatic heterocycles. The van der Waals surface area contributed by atoms with Crippen LogP contribution in [0.3, 0.4) is 0 Å². The Balaban J connectivity index is 2.01. The van der Waals surface area contributed by atoms with E-state index in [4.69, 9.17) is 44.3 Å². The van der Waals surface area contributed by atoms with Gasteiger partial charge in [0.2, 0.25) is 5.91 Å². The summed E-state index contributed by atoms with van der Waals surface area (Å²) in [7, 11) is 0. The number of benzene rings is 2. The number of carbonyl (C=O) groups excluding carboxylic acids is 1. The molecular formula is C19H20Cl3NO3. The first-order chi connectivity index (χ1) is 12.4. The summed E-state index contributed by atoms with van der Waals surface area (Å²) in [6, 6.07) is 8.72. The fourth-order valence-corrected chi connectivity index (χ4v) is 2.93. The summed E-state index contributed by atoms with van der Waals surface area (Å²) < 4.78 is 11.1. The fourth-order valence-electron chi connectivity index (χ4n) is 2.34. The molecule has 0 bridgehead atoms. The molecule has 0 heterocycles. The molecule has 2 aromatic carbocycles. The molecule has 0 aliphatic heterocycles. The van der Waals surface area contributed by atoms with Crippen LogP contribution in [0.1, 0.15) is 25.8 Å². The minimum atomic E-state index is -0.169. The zero-order valence-electron chi connectivity index (χ0n) is 14.6. The number of ether oxygens (including phenoxy) is 2. The van der Waals surface area contributed by atoms with Gasteiger partial charge >= 0.3 is 0 Å². The third kappa shape index (κ3) is 5.70. The second-order valence-electron chi connectivity index (χ2n) is 5.44. The number of rotatable bonds is 8. The molecule has 0 radical (unpaired) electrons. The Kier molecular flexibility index (Phi) is 7.88. The Hall–Kier alpha value is -1.62. The second kappa shape index (κ2) is 9.91. The third-order valence-corrected chi connectivity index (χ3v) is 4.57. The molecule has 0 aliphatic carbocycles. The molecule has 26 heavy (non-hydrogen) atoms. The van der Waals surface area contributed by atoms with Crippen LogP contribution in [0.5, 0.6) is 11.5 Å². The molecule has 1 N–H and O–H groups in total. The van der Waals surface area contributed by atoms with E-state index in [9.17, 15) is 4.79 Å². The summed E-state index contributed by atoms with van der Waals surface area (Å²) in [5, 5.41) is 3.76. The minimum Gasteiger partial charge on any atom is -0.490 e. The van der Waals surface area contributed by atoms with Crippen LogP contribution in [0.25, 0.3) is 0 Å². The molecule has 7 heteroatoms. The summed E-state index contributed by atoms with van der Waals surface area (Å²) in [5.41, 5.74) is 1.42. The fraction of sp³-hybridized carbons (Fsp3) is 0.316. The molecule has 0 unspecified atom stereocenters. The van der Waals surface area contributed by atoms with E-state index >= 15 is 0 Å². The lowest BCUT2D eigenvalue weighted by molar-refractivity contribution is -0.116. The van der Waals surface area contributed by atoms with Gasteiger partial charge in [-0.3, -0.25) is 4.79 Å². The van der Waals surface area contributed by atoms with E-state index in [0.29, 0.717) is 51.9 Å². The van der Waals surface area contributed by atoms with Crippen molar-refractivity contribution in [1.82, 2.24) is 0 Å². The molecule has 140 valence electrons. The first kappa shape index (κ1) is 20.7. The molecule has 0 saturated heterocycles. The minimum absolute atomic E-state index is 0.169. The monoisotopic (exact) mass is 415 g/mol. The van der Waals surface area contributed by atoms with Crippen LogP contribution in [0.15, 0.2) is 30.3 Å². The van der Waals surface area contributed by atoms with Crippen LogP contribution >= 0.6 is 34.8 Å². The topological polar surface area (TPSA) is 47.6 Å². The number of halogens is 3. The lowest BCUT2D eigenvalue weighted by Gasteiger charge is -2.13. The average molecular weight is 417 g/mol. The maximum atomic E-state index is 12.2. The van der Waals surface area contributed by atoms with E-state index < -0.39 is 0 Å².